The number of hydrogen-bond donors (Lipinski definition) is 0. The van der Waals surface area contributed by atoms with E-state index < -0.39 is 6.43 Å². The van der Waals surface area contributed by atoms with Gasteiger partial charge in [0.05, 0.1) is 6.54 Å². The monoisotopic (exact) mass is 207 g/mol. The van der Waals surface area contributed by atoms with Crippen LogP contribution in [-0.4, -0.2) is 30.2 Å². The van der Waals surface area contributed by atoms with Gasteiger partial charge in [0.2, 0.25) is 0 Å². The molecule has 0 fully saturated rings. The smallest absolute Gasteiger partial charge is 0.255 e. The summed E-state index contributed by atoms with van der Waals surface area (Å²) < 4.78 is 23.9. The summed E-state index contributed by atoms with van der Waals surface area (Å²) in [6, 6.07) is 3.05. The highest BCUT2D eigenvalue weighted by atomic mass is 35.5. The molecule has 0 aliphatic carbocycles. The van der Waals surface area contributed by atoms with Crippen molar-refractivity contribution < 1.29 is 8.78 Å². The second kappa shape index (κ2) is 4.32. The van der Waals surface area contributed by atoms with Gasteiger partial charge < -0.3 is 4.90 Å². The predicted molar refractivity (Wildman–Crippen MR) is 46.3 cm³/mol. The van der Waals surface area contributed by atoms with Crippen molar-refractivity contribution in [1.82, 2.24) is 10.2 Å². The lowest BCUT2D eigenvalue weighted by Gasteiger charge is -2.16. The molecular weight excluding hydrogens is 200 g/mol. The van der Waals surface area contributed by atoms with Gasteiger partial charge >= 0.3 is 0 Å². The Morgan fingerprint density at radius 3 is 2.62 bits per heavy atom. The molecule has 0 saturated carbocycles. The molecule has 0 saturated heterocycles. The van der Waals surface area contributed by atoms with E-state index in [9.17, 15) is 8.78 Å². The molecule has 72 valence electrons. The second-order valence-corrected chi connectivity index (χ2v) is 2.87. The average molecular weight is 208 g/mol. The minimum Gasteiger partial charge on any atom is -0.352 e. The van der Waals surface area contributed by atoms with Gasteiger partial charge in [-0.15, -0.1) is 10.2 Å². The Bertz CT molecular complexity index is 265. The molecule has 13 heavy (non-hydrogen) atoms. The van der Waals surface area contributed by atoms with Crippen LogP contribution in [0.1, 0.15) is 0 Å². The van der Waals surface area contributed by atoms with Gasteiger partial charge in [-0.3, -0.25) is 0 Å². The number of alkyl halides is 2. The largest absolute Gasteiger partial charge is 0.352 e. The number of nitrogens with zero attached hydrogens (tertiary/aromatic N) is 3. The molecular formula is C7H8ClF2N3. The van der Waals surface area contributed by atoms with Crippen LogP contribution in [0.2, 0.25) is 5.15 Å². The van der Waals surface area contributed by atoms with E-state index in [0.717, 1.165) is 0 Å². The van der Waals surface area contributed by atoms with Crippen molar-refractivity contribution in [2.24, 2.45) is 0 Å². The molecule has 1 aromatic heterocycles. The Labute approximate surface area is 79.3 Å². The quantitative estimate of drug-likeness (QED) is 0.757. The summed E-state index contributed by atoms with van der Waals surface area (Å²) in [5, 5.41) is 7.42. The summed E-state index contributed by atoms with van der Waals surface area (Å²) >= 11 is 5.48. The standard InChI is InChI=1S/C7H8ClF2N3/c1-13(4-6(9)10)7-3-2-5(8)11-12-7/h2-3,6H,4H2,1H3. The molecule has 0 spiro atoms. The topological polar surface area (TPSA) is 29.0 Å². The summed E-state index contributed by atoms with van der Waals surface area (Å²) in [5.41, 5.74) is 0. The van der Waals surface area contributed by atoms with Crippen molar-refractivity contribution in [3.63, 3.8) is 0 Å². The number of halogens is 3. The maximum absolute atomic E-state index is 11.9. The van der Waals surface area contributed by atoms with Crippen molar-refractivity contribution in [3.8, 4) is 0 Å². The molecule has 0 atom stereocenters. The van der Waals surface area contributed by atoms with E-state index in [-0.39, 0.29) is 11.7 Å². The number of hydrogen-bond acceptors (Lipinski definition) is 3. The van der Waals surface area contributed by atoms with Crippen LogP contribution < -0.4 is 4.90 Å². The van der Waals surface area contributed by atoms with Crippen LogP contribution in [0.4, 0.5) is 14.6 Å². The lowest BCUT2D eigenvalue weighted by atomic mass is 10.5. The Kier molecular flexibility index (Phi) is 3.36. The van der Waals surface area contributed by atoms with Gasteiger partial charge in [0.15, 0.2) is 11.0 Å². The zero-order valence-electron chi connectivity index (χ0n) is 6.91. The van der Waals surface area contributed by atoms with Crippen molar-refractivity contribution in [2.75, 3.05) is 18.5 Å². The van der Waals surface area contributed by atoms with Crippen LogP contribution in [0.25, 0.3) is 0 Å². The van der Waals surface area contributed by atoms with Crippen molar-refractivity contribution in [1.29, 1.82) is 0 Å². The van der Waals surface area contributed by atoms with Crippen LogP contribution in [0.5, 0.6) is 0 Å². The van der Waals surface area contributed by atoms with Gasteiger partial charge in [0.25, 0.3) is 6.43 Å². The third-order valence-electron chi connectivity index (χ3n) is 1.42. The SMILES string of the molecule is CN(CC(F)F)c1ccc(Cl)nn1. The van der Waals surface area contributed by atoms with Gasteiger partial charge in [0, 0.05) is 7.05 Å². The van der Waals surface area contributed by atoms with E-state index in [1.165, 1.54) is 24.1 Å². The maximum Gasteiger partial charge on any atom is 0.255 e. The Hall–Kier alpha value is -0.970. The normalized spacial score (nSPS) is 10.5. The van der Waals surface area contributed by atoms with Crippen LogP contribution in [-0.2, 0) is 0 Å². The zero-order chi connectivity index (χ0) is 9.84. The van der Waals surface area contributed by atoms with Crippen LogP contribution in [0.3, 0.4) is 0 Å². The molecule has 6 heteroatoms. The number of rotatable bonds is 3. The third kappa shape index (κ3) is 3.10. The first-order valence-corrected chi connectivity index (χ1v) is 3.96. The highest BCUT2D eigenvalue weighted by molar-refractivity contribution is 6.29. The van der Waals surface area contributed by atoms with E-state index in [0.29, 0.717) is 5.82 Å². The highest BCUT2D eigenvalue weighted by Gasteiger charge is 2.09. The Morgan fingerprint density at radius 2 is 2.15 bits per heavy atom. The minimum atomic E-state index is -2.39. The van der Waals surface area contributed by atoms with Gasteiger partial charge in [-0.05, 0) is 12.1 Å². The molecule has 1 heterocycles. The molecule has 0 amide bonds. The number of aromatic nitrogens is 2. The van der Waals surface area contributed by atoms with E-state index in [1.807, 2.05) is 0 Å². The Balaban J connectivity index is 2.66. The summed E-state index contributed by atoms with van der Waals surface area (Å²) in [6.07, 6.45) is -2.39. The van der Waals surface area contributed by atoms with Gasteiger partial charge in [-0.25, -0.2) is 8.78 Å². The van der Waals surface area contributed by atoms with Gasteiger partial charge in [0.1, 0.15) is 0 Å². The molecule has 3 nitrogen and oxygen atoms in total. The molecule has 0 N–H and O–H groups in total. The molecule has 0 radical (unpaired) electrons. The fourth-order valence-electron chi connectivity index (χ4n) is 0.813. The predicted octanol–water partition coefficient (Wildman–Crippen LogP) is 1.83. The van der Waals surface area contributed by atoms with Crippen LogP contribution in [0.15, 0.2) is 12.1 Å². The molecule has 0 aliphatic rings. The first-order valence-electron chi connectivity index (χ1n) is 3.58. The summed E-state index contributed by atoms with van der Waals surface area (Å²) in [7, 11) is 1.52. The first-order chi connectivity index (χ1) is 6.09. The maximum atomic E-state index is 11.9. The highest BCUT2D eigenvalue weighted by Crippen LogP contribution is 2.11. The first kappa shape index (κ1) is 10.1. The van der Waals surface area contributed by atoms with E-state index >= 15 is 0 Å². The average Bonchev–Trinajstić information content (AvgIpc) is 2.04. The molecule has 0 aromatic carbocycles. The third-order valence-corrected chi connectivity index (χ3v) is 1.62. The van der Waals surface area contributed by atoms with Crippen molar-refractivity contribution >= 4 is 17.4 Å². The van der Waals surface area contributed by atoms with E-state index in [1.54, 1.807) is 0 Å². The van der Waals surface area contributed by atoms with Crippen molar-refractivity contribution in [3.05, 3.63) is 17.3 Å². The van der Waals surface area contributed by atoms with Gasteiger partial charge in [-0.2, -0.15) is 0 Å². The second-order valence-electron chi connectivity index (χ2n) is 2.49. The minimum absolute atomic E-state index is 0.245. The van der Waals surface area contributed by atoms with Crippen molar-refractivity contribution in [2.45, 2.75) is 6.43 Å². The molecule has 0 unspecified atom stereocenters. The van der Waals surface area contributed by atoms with Crippen LogP contribution in [0, 0.1) is 0 Å². The summed E-state index contributed by atoms with van der Waals surface area (Å²) in [4.78, 5) is 1.31. The zero-order valence-corrected chi connectivity index (χ0v) is 7.67. The lowest BCUT2D eigenvalue weighted by molar-refractivity contribution is 0.156. The Morgan fingerprint density at radius 1 is 1.46 bits per heavy atom. The van der Waals surface area contributed by atoms with Gasteiger partial charge in [-0.1, -0.05) is 11.6 Å². The summed E-state index contributed by atoms with van der Waals surface area (Å²) in [6.45, 7) is -0.365. The fourth-order valence-corrected chi connectivity index (χ4v) is 0.914. The van der Waals surface area contributed by atoms with Crippen LogP contribution >= 0.6 is 11.6 Å². The summed E-state index contributed by atoms with van der Waals surface area (Å²) in [5.74, 6) is 0.379. The number of anilines is 1. The molecule has 1 aromatic rings. The van der Waals surface area contributed by atoms with E-state index in [4.69, 9.17) is 11.6 Å². The molecule has 1 rings (SSSR count). The fraction of sp³-hybridized carbons (Fsp3) is 0.429. The lowest BCUT2D eigenvalue weighted by Crippen LogP contribution is -2.25. The van der Waals surface area contributed by atoms with E-state index in [2.05, 4.69) is 10.2 Å². The molecule has 0 bridgehead atoms. The molecule has 0 aliphatic heterocycles.